The van der Waals surface area contributed by atoms with Gasteiger partial charge in [0.25, 0.3) is 5.91 Å². The zero-order chi connectivity index (χ0) is 19.6. The third-order valence-corrected chi connectivity index (χ3v) is 5.14. The maximum atomic E-state index is 13.0. The molecule has 1 N–H and O–H groups in total. The van der Waals surface area contributed by atoms with Crippen LogP contribution in [0.4, 0.5) is 5.69 Å². The molecule has 0 radical (unpaired) electrons. The van der Waals surface area contributed by atoms with Crippen molar-refractivity contribution in [1.82, 2.24) is 0 Å². The van der Waals surface area contributed by atoms with Crippen LogP contribution in [0.25, 0.3) is 0 Å². The zero-order valence-corrected chi connectivity index (χ0v) is 17.0. The first kappa shape index (κ1) is 19.6. The molecule has 0 bridgehead atoms. The first-order chi connectivity index (χ1) is 12.9. The lowest BCUT2D eigenvalue weighted by atomic mass is 9.88. The number of halogens is 1. The zero-order valence-electron chi connectivity index (χ0n) is 15.4. The van der Waals surface area contributed by atoms with Crippen molar-refractivity contribution >= 4 is 33.3 Å². The number of carbonyl (C=O) groups is 2. The fraction of sp³-hybridized carbons (Fsp3) is 0.333. The van der Waals surface area contributed by atoms with Crippen LogP contribution < -0.4 is 9.64 Å². The summed E-state index contributed by atoms with van der Waals surface area (Å²) in [7, 11) is 0. The van der Waals surface area contributed by atoms with E-state index in [2.05, 4.69) is 15.9 Å². The molecule has 2 aromatic rings. The number of Topliss-reactive ketones (excluding diaryl/α,β-unsaturated/α-hetero) is 1. The molecule has 6 heteroatoms. The number of fused-ring (bicyclic) bond motifs is 1. The summed E-state index contributed by atoms with van der Waals surface area (Å²) in [6.45, 7) is 4.89. The predicted molar refractivity (Wildman–Crippen MR) is 107 cm³/mol. The third kappa shape index (κ3) is 3.64. The normalized spacial score (nSPS) is 18.5. The Balaban J connectivity index is 1.92. The lowest BCUT2D eigenvalue weighted by Gasteiger charge is -2.22. The van der Waals surface area contributed by atoms with E-state index >= 15 is 0 Å². The number of anilines is 1. The van der Waals surface area contributed by atoms with Gasteiger partial charge in [-0.1, -0.05) is 22.9 Å². The minimum absolute atomic E-state index is 0.293. The van der Waals surface area contributed by atoms with Gasteiger partial charge in [0.1, 0.15) is 5.75 Å². The van der Waals surface area contributed by atoms with Crippen molar-refractivity contribution in [3.63, 3.8) is 0 Å². The highest BCUT2D eigenvalue weighted by atomic mass is 79.9. The second-order valence-electron chi connectivity index (χ2n) is 6.54. The molecule has 0 saturated heterocycles. The number of aliphatic hydroxyl groups is 1. The molecule has 1 aliphatic rings. The Morgan fingerprint density at radius 1 is 1.19 bits per heavy atom. The van der Waals surface area contributed by atoms with Gasteiger partial charge < -0.3 is 14.7 Å². The molecule has 5 nitrogen and oxygen atoms in total. The highest BCUT2D eigenvalue weighted by Gasteiger charge is 2.50. The number of rotatable bonds is 7. The molecule has 3 rings (SSSR count). The number of nitrogens with zero attached hydrogens (tertiary/aromatic N) is 1. The second kappa shape index (κ2) is 7.82. The molecular formula is C21H22BrNO4. The van der Waals surface area contributed by atoms with E-state index in [1.165, 1.54) is 0 Å². The van der Waals surface area contributed by atoms with Gasteiger partial charge in [0.05, 0.1) is 18.7 Å². The summed E-state index contributed by atoms with van der Waals surface area (Å²) < 4.78 is 6.13. The molecule has 1 unspecified atom stereocenters. The lowest BCUT2D eigenvalue weighted by molar-refractivity contribution is -0.135. The Labute approximate surface area is 167 Å². The number of carbonyl (C=O) groups excluding carboxylic acids is 2. The Kier molecular flexibility index (Phi) is 5.67. The van der Waals surface area contributed by atoms with Gasteiger partial charge in [-0.3, -0.25) is 9.59 Å². The van der Waals surface area contributed by atoms with Crippen LogP contribution >= 0.6 is 15.9 Å². The lowest BCUT2D eigenvalue weighted by Crippen LogP contribution is -2.42. The maximum absolute atomic E-state index is 13.0. The van der Waals surface area contributed by atoms with E-state index in [1.54, 1.807) is 41.3 Å². The average Bonchev–Trinajstić information content (AvgIpc) is 2.84. The smallest absolute Gasteiger partial charge is 0.264 e. The van der Waals surface area contributed by atoms with Crippen LogP contribution in [0, 0.1) is 0 Å². The standard InChI is InChI=1S/C21H22BrNO4/c1-3-11-23-18-10-7-15(22)12-17(18)21(26,20(23)25)13-19(24)14-5-8-16(9-6-14)27-4-2/h5-10,12,26H,3-4,11,13H2,1-2H3. The molecule has 27 heavy (non-hydrogen) atoms. The van der Waals surface area contributed by atoms with E-state index in [9.17, 15) is 14.7 Å². The van der Waals surface area contributed by atoms with Crippen molar-refractivity contribution in [2.75, 3.05) is 18.1 Å². The van der Waals surface area contributed by atoms with Crippen molar-refractivity contribution < 1.29 is 19.4 Å². The molecule has 0 aromatic heterocycles. The number of ether oxygens (including phenoxy) is 1. The van der Waals surface area contributed by atoms with E-state index in [0.29, 0.717) is 35.7 Å². The van der Waals surface area contributed by atoms with Gasteiger partial charge in [-0.2, -0.15) is 0 Å². The first-order valence-corrected chi connectivity index (χ1v) is 9.80. The van der Waals surface area contributed by atoms with Gasteiger partial charge in [0.15, 0.2) is 11.4 Å². The van der Waals surface area contributed by atoms with Crippen molar-refractivity contribution in [2.24, 2.45) is 0 Å². The molecule has 0 fully saturated rings. The minimum atomic E-state index is -1.86. The summed E-state index contributed by atoms with van der Waals surface area (Å²) in [6, 6.07) is 12.1. The van der Waals surface area contributed by atoms with Gasteiger partial charge in [-0.15, -0.1) is 0 Å². The van der Waals surface area contributed by atoms with E-state index in [0.717, 1.165) is 10.9 Å². The van der Waals surface area contributed by atoms with Gasteiger partial charge in [0.2, 0.25) is 0 Å². The van der Waals surface area contributed by atoms with Crippen LogP contribution in [0.15, 0.2) is 46.9 Å². The quantitative estimate of drug-likeness (QED) is 0.670. The summed E-state index contributed by atoms with van der Waals surface area (Å²) >= 11 is 3.39. The molecule has 142 valence electrons. The van der Waals surface area contributed by atoms with E-state index in [4.69, 9.17) is 4.74 Å². The molecule has 0 aliphatic carbocycles. The number of benzene rings is 2. The number of amides is 1. The van der Waals surface area contributed by atoms with Gasteiger partial charge in [-0.25, -0.2) is 0 Å². The van der Waals surface area contributed by atoms with Crippen molar-refractivity contribution in [1.29, 1.82) is 0 Å². The highest BCUT2D eigenvalue weighted by molar-refractivity contribution is 9.10. The molecule has 1 atom stereocenters. The number of ketones is 1. The Bertz CT molecular complexity index is 865. The van der Waals surface area contributed by atoms with Gasteiger partial charge in [-0.05, 0) is 55.8 Å². The first-order valence-electron chi connectivity index (χ1n) is 9.01. The maximum Gasteiger partial charge on any atom is 0.264 e. The average molecular weight is 432 g/mol. The van der Waals surface area contributed by atoms with Gasteiger partial charge >= 0.3 is 0 Å². The monoisotopic (exact) mass is 431 g/mol. The second-order valence-corrected chi connectivity index (χ2v) is 7.45. The van der Waals surface area contributed by atoms with E-state index < -0.39 is 11.5 Å². The topological polar surface area (TPSA) is 66.8 Å². The van der Waals surface area contributed by atoms with E-state index in [-0.39, 0.29) is 12.2 Å². The van der Waals surface area contributed by atoms with Crippen LogP contribution in [0.5, 0.6) is 5.75 Å². The summed E-state index contributed by atoms with van der Waals surface area (Å²) in [5, 5.41) is 11.2. The minimum Gasteiger partial charge on any atom is -0.494 e. The fourth-order valence-electron chi connectivity index (χ4n) is 3.38. The van der Waals surface area contributed by atoms with E-state index in [1.807, 2.05) is 19.9 Å². The molecule has 1 heterocycles. The van der Waals surface area contributed by atoms with Crippen LogP contribution in [0.3, 0.4) is 0 Å². The van der Waals surface area contributed by atoms with Crippen LogP contribution in [-0.4, -0.2) is 29.9 Å². The molecular weight excluding hydrogens is 410 g/mol. The summed E-state index contributed by atoms with van der Waals surface area (Å²) in [6.07, 6.45) is 0.452. The SMILES string of the molecule is CCCN1C(=O)C(O)(CC(=O)c2ccc(OCC)cc2)c2cc(Br)ccc21. The van der Waals surface area contributed by atoms with Crippen molar-refractivity contribution in [2.45, 2.75) is 32.3 Å². The molecule has 1 amide bonds. The van der Waals surface area contributed by atoms with Crippen molar-refractivity contribution in [3.05, 3.63) is 58.1 Å². The highest BCUT2D eigenvalue weighted by Crippen LogP contribution is 2.44. The molecule has 0 saturated carbocycles. The summed E-state index contributed by atoms with van der Waals surface area (Å²) in [5.74, 6) is -0.0667. The molecule has 2 aromatic carbocycles. The summed E-state index contributed by atoms with van der Waals surface area (Å²) in [5.41, 5.74) is -0.295. The van der Waals surface area contributed by atoms with Crippen LogP contribution in [-0.2, 0) is 10.4 Å². The number of hydrogen-bond acceptors (Lipinski definition) is 4. The Morgan fingerprint density at radius 2 is 1.89 bits per heavy atom. The third-order valence-electron chi connectivity index (χ3n) is 4.64. The molecule has 1 aliphatic heterocycles. The Hall–Kier alpha value is -2.18. The van der Waals surface area contributed by atoms with Crippen LogP contribution in [0.1, 0.15) is 42.6 Å². The van der Waals surface area contributed by atoms with Crippen molar-refractivity contribution in [3.8, 4) is 5.75 Å². The Morgan fingerprint density at radius 3 is 2.52 bits per heavy atom. The fourth-order valence-corrected chi connectivity index (χ4v) is 3.74. The number of hydrogen-bond donors (Lipinski definition) is 1. The van der Waals surface area contributed by atoms with Crippen LogP contribution in [0.2, 0.25) is 0 Å². The van der Waals surface area contributed by atoms with Gasteiger partial charge in [0, 0.05) is 22.1 Å². The summed E-state index contributed by atoms with van der Waals surface area (Å²) in [4.78, 5) is 27.3. The largest absolute Gasteiger partial charge is 0.494 e. The predicted octanol–water partition coefficient (Wildman–Crippen LogP) is 4.07. The molecule has 0 spiro atoms.